The molecular formula is C17H26O3Si. The summed E-state index contributed by atoms with van der Waals surface area (Å²) in [6.45, 7) is 7.05. The van der Waals surface area contributed by atoms with Gasteiger partial charge in [0.2, 0.25) is 0 Å². The van der Waals surface area contributed by atoms with Crippen molar-refractivity contribution in [3.8, 4) is 0 Å². The molecule has 0 unspecified atom stereocenters. The van der Waals surface area contributed by atoms with E-state index in [0.717, 1.165) is 32.0 Å². The Morgan fingerprint density at radius 2 is 1.81 bits per heavy atom. The maximum atomic E-state index is 11.5. The van der Waals surface area contributed by atoms with Crippen LogP contribution in [0.1, 0.15) is 31.2 Å². The third-order valence-corrected chi connectivity index (χ3v) is 4.85. The minimum absolute atomic E-state index is 0.239. The average Bonchev–Trinajstić information content (AvgIpc) is 2.46. The summed E-state index contributed by atoms with van der Waals surface area (Å²) in [5, 5.41) is 0. The molecule has 1 aromatic rings. The van der Waals surface area contributed by atoms with Gasteiger partial charge < -0.3 is 14.0 Å². The third-order valence-electron chi connectivity index (χ3n) is 3.83. The molecule has 1 aromatic carbocycles. The molecule has 0 radical (unpaired) electrons. The van der Waals surface area contributed by atoms with Crippen LogP contribution in [0.3, 0.4) is 0 Å². The average molecular weight is 306 g/mol. The van der Waals surface area contributed by atoms with Gasteiger partial charge in [0.25, 0.3) is 0 Å². The predicted octanol–water partition coefficient (Wildman–Crippen LogP) is 3.94. The van der Waals surface area contributed by atoms with Crippen LogP contribution in [0.2, 0.25) is 19.6 Å². The molecule has 1 saturated carbocycles. The summed E-state index contributed by atoms with van der Waals surface area (Å²) >= 11 is 0. The topological polar surface area (TPSA) is 35.5 Å². The monoisotopic (exact) mass is 306 g/mol. The first-order valence-electron chi connectivity index (χ1n) is 7.74. The van der Waals surface area contributed by atoms with Gasteiger partial charge in [-0.15, -0.1) is 0 Å². The fourth-order valence-corrected chi connectivity index (χ4v) is 4.36. The van der Waals surface area contributed by atoms with E-state index in [4.69, 9.17) is 9.16 Å². The Hall–Kier alpha value is -0.973. The largest absolute Gasteiger partial charge is 0.405 e. The molecule has 1 aliphatic rings. The maximum Gasteiger partial charge on any atom is 0.185 e. The molecule has 21 heavy (non-hydrogen) atoms. The van der Waals surface area contributed by atoms with Crippen molar-refractivity contribution in [3.05, 3.63) is 35.9 Å². The molecule has 2 rings (SSSR count). The van der Waals surface area contributed by atoms with Crippen molar-refractivity contribution in [3.63, 3.8) is 0 Å². The van der Waals surface area contributed by atoms with E-state index >= 15 is 0 Å². The van der Waals surface area contributed by atoms with E-state index in [9.17, 15) is 4.79 Å². The molecule has 0 heterocycles. The van der Waals surface area contributed by atoms with Crippen LogP contribution < -0.4 is 0 Å². The van der Waals surface area contributed by atoms with Gasteiger partial charge in [-0.05, 0) is 50.9 Å². The van der Waals surface area contributed by atoms with Crippen molar-refractivity contribution in [1.29, 1.82) is 0 Å². The molecule has 116 valence electrons. The van der Waals surface area contributed by atoms with Crippen LogP contribution >= 0.6 is 0 Å². The van der Waals surface area contributed by atoms with Crippen molar-refractivity contribution in [2.24, 2.45) is 0 Å². The summed E-state index contributed by atoms with van der Waals surface area (Å²) in [6.07, 6.45) is 4.62. The van der Waals surface area contributed by atoms with Crippen molar-refractivity contribution >= 4 is 14.6 Å². The quantitative estimate of drug-likeness (QED) is 0.590. The molecule has 0 saturated heterocycles. The van der Waals surface area contributed by atoms with Crippen LogP contribution in [-0.2, 0) is 20.6 Å². The molecule has 1 fully saturated rings. The van der Waals surface area contributed by atoms with Gasteiger partial charge in [0.05, 0.1) is 12.7 Å². The Kier molecular flexibility index (Phi) is 5.36. The van der Waals surface area contributed by atoms with Crippen LogP contribution in [0.25, 0.3) is 0 Å². The predicted molar refractivity (Wildman–Crippen MR) is 86.7 cm³/mol. The molecule has 0 bridgehead atoms. The molecule has 3 nitrogen and oxygen atoms in total. The lowest BCUT2D eigenvalue weighted by atomic mass is 9.84. The number of carbonyl (C=O) groups excluding carboxylic acids is 1. The first-order valence-corrected chi connectivity index (χ1v) is 11.2. The summed E-state index contributed by atoms with van der Waals surface area (Å²) < 4.78 is 12.1. The molecule has 1 aliphatic carbocycles. The molecule has 0 N–H and O–H groups in total. The lowest BCUT2D eigenvalue weighted by Gasteiger charge is -2.40. The van der Waals surface area contributed by atoms with E-state index in [-0.39, 0.29) is 6.10 Å². The van der Waals surface area contributed by atoms with Gasteiger partial charge in [0.1, 0.15) is 5.60 Å². The number of rotatable bonds is 6. The van der Waals surface area contributed by atoms with Gasteiger partial charge in [0.15, 0.2) is 14.6 Å². The highest BCUT2D eigenvalue weighted by Crippen LogP contribution is 2.34. The van der Waals surface area contributed by atoms with Gasteiger partial charge in [-0.25, -0.2) is 0 Å². The van der Waals surface area contributed by atoms with Crippen LogP contribution in [-0.4, -0.2) is 26.3 Å². The highest BCUT2D eigenvalue weighted by molar-refractivity contribution is 6.70. The molecule has 0 aliphatic heterocycles. The first kappa shape index (κ1) is 16.4. The zero-order valence-corrected chi connectivity index (χ0v) is 14.3. The Morgan fingerprint density at radius 3 is 2.33 bits per heavy atom. The third kappa shape index (κ3) is 5.06. The number of hydrogen-bond acceptors (Lipinski definition) is 3. The summed E-state index contributed by atoms with van der Waals surface area (Å²) in [5.41, 5.74) is 0.639. The Labute approximate surface area is 128 Å². The Balaban J connectivity index is 1.83. The SMILES string of the molecule is C[Si](C)(C)OC1(C=O)CCC(OCc2ccccc2)CC1. The number of ether oxygens (including phenoxy) is 1. The minimum Gasteiger partial charge on any atom is -0.405 e. The van der Waals surface area contributed by atoms with Crippen molar-refractivity contribution in [1.82, 2.24) is 0 Å². The second-order valence-electron chi connectivity index (χ2n) is 6.89. The van der Waals surface area contributed by atoms with Crippen molar-refractivity contribution < 1.29 is 14.0 Å². The summed E-state index contributed by atoms with van der Waals surface area (Å²) in [7, 11) is -1.70. The molecule has 0 aromatic heterocycles. The van der Waals surface area contributed by atoms with Gasteiger partial charge in [-0.1, -0.05) is 30.3 Å². The van der Waals surface area contributed by atoms with E-state index in [1.54, 1.807) is 0 Å². The second kappa shape index (κ2) is 6.86. The fourth-order valence-electron chi connectivity index (χ4n) is 2.89. The van der Waals surface area contributed by atoms with E-state index in [0.29, 0.717) is 6.61 Å². The molecule has 0 atom stereocenters. The highest BCUT2D eigenvalue weighted by atomic mass is 28.4. The number of hydrogen-bond donors (Lipinski definition) is 0. The summed E-state index contributed by atoms with van der Waals surface area (Å²) in [6, 6.07) is 10.2. The standard InChI is InChI=1S/C17H26O3Si/c1-21(2,3)20-17(14-18)11-9-16(10-12-17)19-13-15-7-5-4-6-8-15/h4-8,14,16H,9-13H2,1-3H3. The Morgan fingerprint density at radius 1 is 1.19 bits per heavy atom. The molecule has 0 amide bonds. The normalized spacial score (nSPS) is 26.5. The van der Waals surface area contributed by atoms with E-state index < -0.39 is 13.9 Å². The second-order valence-corrected chi connectivity index (χ2v) is 11.3. The lowest BCUT2D eigenvalue weighted by Crippen LogP contribution is -2.47. The van der Waals surface area contributed by atoms with Crippen LogP contribution in [0, 0.1) is 0 Å². The van der Waals surface area contributed by atoms with Gasteiger partial charge >= 0.3 is 0 Å². The van der Waals surface area contributed by atoms with Gasteiger partial charge in [0, 0.05) is 0 Å². The smallest absolute Gasteiger partial charge is 0.185 e. The molecule has 0 spiro atoms. The fraction of sp³-hybridized carbons (Fsp3) is 0.588. The molecular weight excluding hydrogens is 280 g/mol. The summed E-state index contributed by atoms with van der Waals surface area (Å²) in [4.78, 5) is 11.5. The van der Waals surface area contributed by atoms with E-state index in [2.05, 4.69) is 31.8 Å². The maximum absolute atomic E-state index is 11.5. The van der Waals surface area contributed by atoms with Crippen LogP contribution in [0.15, 0.2) is 30.3 Å². The summed E-state index contributed by atoms with van der Waals surface area (Å²) in [5.74, 6) is 0. The highest BCUT2D eigenvalue weighted by Gasteiger charge is 2.39. The van der Waals surface area contributed by atoms with Crippen LogP contribution in [0.4, 0.5) is 0 Å². The number of carbonyl (C=O) groups is 1. The zero-order chi connectivity index (χ0) is 15.3. The first-order chi connectivity index (χ1) is 9.92. The zero-order valence-electron chi connectivity index (χ0n) is 13.3. The number of benzene rings is 1. The lowest BCUT2D eigenvalue weighted by molar-refractivity contribution is -0.128. The van der Waals surface area contributed by atoms with Crippen LogP contribution in [0.5, 0.6) is 0 Å². The van der Waals surface area contributed by atoms with E-state index in [1.807, 2.05) is 18.2 Å². The van der Waals surface area contributed by atoms with E-state index in [1.165, 1.54) is 5.56 Å². The minimum atomic E-state index is -1.70. The number of aldehydes is 1. The van der Waals surface area contributed by atoms with Crippen molar-refractivity contribution in [2.75, 3.05) is 0 Å². The molecule has 4 heteroatoms. The van der Waals surface area contributed by atoms with Gasteiger partial charge in [-0.3, -0.25) is 0 Å². The van der Waals surface area contributed by atoms with Crippen molar-refractivity contribution in [2.45, 2.75) is 63.6 Å². The van der Waals surface area contributed by atoms with Gasteiger partial charge in [-0.2, -0.15) is 0 Å². The Bertz CT molecular complexity index is 445.